The lowest BCUT2D eigenvalue weighted by atomic mass is 9.94. The molecule has 2 heterocycles. The number of hydrogen-bond donors (Lipinski definition) is 1. The number of nitrogens with zero attached hydrogens (tertiary/aromatic N) is 1. The van der Waals surface area contributed by atoms with Gasteiger partial charge in [0.1, 0.15) is 0 Å². The van der Waals surface area contributed by atoms with Crippen LogP contribution in [0.25, 0.3) is 10.9 Å². The summed E-state index contributed by atoms with van der Waals surface area (Å²) in [4.78, 5) is 4.41. The Balaban J connectivity index is 2.08. The van der Waals surface area contributed by atoms with Crippen LogP contribution >= 0.6 is 0 Å². The van der Waals surface area contributed by atoms with Crippen LogP contribution < -0.4 is 5.32 Å². The Kier molecular flexibility index (Phi) is 2.58. The maximum atomic E-state index is 4.41. The van der Waals surface area contributed by atoms with E-state index in [0.29, 0.717) is 6.04 Å². The molecule has 1 atom stereocenters. The van der Waals surface area contributed by atoms with E-state index in [0.717, 1.165) is 12.1 Å². The van der Waals surface area contributed by atoms with Crippen LogP contribution in [-0.2, 0) is 0 Å². The summed E-state index contributed by atoms with van der Waals surface area (Å²) in [5, 5.41) is 4.90. The molecule has 1 aromatic carbocycles. The first-order chi connectivity index (χ1) is 7.95. The molecule has 0 spiro atoms. The number of benzene rings is 1. The van der Waals surface area contributed by atoms with Gasteiger partial charge in [-0.15, -0.1) is 0 Å². The Labute approximate surface area is 95.7 Å². The molecule has 1 N–H and O–H groups in total. The fraction of sp³-hybridized carbons (Fsp3) is 0.357. The Morgan fingerprint density at radius 3 is 3.00 bits per heavy atom. The van der Waals surface area contributed by atoms with Gasteiger partial charge < -0.3 is 5.32 Å². The number of fused-ring (bicyclic) bond motifs is 1. The number of hydrogen-bond acceptors (Lipinski definition) is 2. The molecule has 0 saturated carbocycles. The fourth-order valence-electron chi connectivity index (χ4n) is 2.55. The van der Waals surface area contributed by atoms with Crippen molar-refractivity contribution in [3.05, 3.63) is 42.1 Å². The molecular weight excluding hydrogens is 196 g/mol. The molecule has 16 heavy (non-hydrogen) atoms. The number of pyridine rings is 1. The highest BCUT2D eigenvalue weighted by molar-refractivity contribution is 5.82. The van der Waals surface area contributed by atoms with Crippen LogP contribution in [0.1, 0.15) is 30.9 Å². The summed E-state index contributed by atoms with van der Waals surface area (Å²) in [5.41, 5.74) is 2.51. The van der Waals surface area contributed by atoms with Gasteiger partial charge in [-0.2, -0.15) is 0 Å². The van der Waals surface area contributed by atoms with Crippen LogP contribution in [0.2, 0.25) is 0 Å². The van der Waals surface area contributed by atoms with Gasteiger partial charge in [0.25, 0.3) is 0 Å². The Bertz CT molecular complexity index is 482. The molecule has 0 amide bonds. The van der Waals surface area contributed by atoms with Crippen molar-refractivity contribution in [2.24, 2.45) is 0 Å². The van der Waals surface area contributed by atoms with Crippen molar-refractivity contribution in [1.82, 2.24) is 10.3 Å². The number of rotatable bonds is 1. The molecule has 3 rings (SSSR count). The topological polar surface area (TPSA) is 24.9 Å². The second kappa shape index (κ2) is 4.22. The fourth-order valence-corrected chi connectivity index (χ4v) is 2.55. The molecule has 1 saturated heterocycles. The summed E-state index contributed by atoms with van der Waals surface area (Å²) in [5.74, 6) is 0. The van der Waals surface area contributed by atoms with Gasteiger partial charge >= 0.3 is 0 Å². The first kappa shape index (κ1) is 9.79. The van der Waals surface area contributed by atoms with Gasteiger partial charge in [-0.05, 0) is 37.1 Å². The van der Waals surface area contributed by atoms with Crippen LogP contribution in [0.15, 0.2) is 36.5 Å². The summed E-state index contributed by atoms with van der Waals surface area (Å²) in [6, 6.07) is 11.1. The monoisotopic (exact) mass is 212 g/mol. The quantitative estimate of drug-likeness (QED) is 0.786. The van der Waals surface area contributed by atoms with Crippen molar-refractivity contribution in [3.63, 3.8) is 0 Å². The third-order valence-electron chi connectivity index (χ3n) is 3.37. The summed E-state index contributed by atoms with van der Waals surface area (Å²) < 4.78 is 0. The second-order valence-corrected chi connectivity index (χ2v) is 4.42. The van der Waals surface area contributed by atoms with Crippen molar-refractivity contribution in [1.29, 1.82) is 0 Å². The zero-order chi connectivity index (χ0) is 10.8. The average molecular weight is 212 g/mol. The van der Waals surface area contributed by atoms with Crippen LogP contribution in [0.4, 0.5) is 0 Å². The number of aromatic nitrogens is 1. The van der Waals surface area contributed by atoms with E-state index in [1.807, 2.05) is 12.3 Å². The molecule has 1 aliphatic heterocycles. The van der Waals surface area contributed by atoms with E-state index < -0.39 is 0 Å². The van der Waals surface area contributed by atoms with E-state index in [1.165, 1.54) is 30.2 Å². The third-order valence-corrected chi connectivity index (χ3v) is 3.37. The molecule has 1 fully saturated rings. The average Bonchev–Trinajstić information content (AvgIpc) is 2.39. The number of nitrogens with one attached hydrogen (secondary N) is 1. The van der Waals surface area contributed by atoms with Crippen molar-refractivity contribution < 1.29 is 0 Å². The molecule has 0 aliphatic carbocycles. The van der Waals surface area contributed by atoms with Crippen molar-refractivity contribution in [3.8, 4) is 0 Å². The molecular formula is C14H16N2. The van der Waals surface area contributed by atoms with E-state index in [1.54, 1.807) is 0 Å². The highest BCUT2D eigenvalue weighted by Crippen LogP contribution is 2.28. The lowest BCUT2D eigenvalue weighted by Crippen LogP contribution is -2.26. The minimum atomic E-state index is 0.515. The SMILES string of the molecule is c1cc(C2CCCCN2)c2cccnc2c1. The normalized spacial score (nSPS) is 21.1. The van der Waals surface area contributed by atoms with Crippen LogP contribution in [-0.4, -0.2) is 11.5 Å². The van der Waals surface area contributed by atoms with Crippen molar-refractivity contribution >= 4 is 10.9 Å². The molecule has 2 nitrogen and oxygen atoms in total. The Hall–Kier alpha value is -1.41. The molecule has 2 heteroatoms. The van der Waals surface area contributed by atoms with Gasteiger partial charge in [0.15, 0.2) is 0 Å². The summed E-state index contributed by atoms with van der Waals surface area (Å²) >= 11 is 0. The van der Waals surface area contributed by atoms with E-state index in [-0.39, 0.29) is 0 Å². The molecule has 1 aromatic heterocycles. The van der Waals surface area contributed by atoms with E-state index >= 15 is 0 Å². The third kappa shape index (κ3) is 1.69. The van der Waals surface area contributed by atoms with Crippen molar-refractivity contribution in [2.75, 3.05) is 6.54 Å². The molecule has 0 bridgehead atoms. The molecule has 82 valence electrons. The summed E-state index contributed by atoms with van der Waals surface area (Å²) in [6.07, 6.45) is 5.74. The lowest BCUT2D eigenvalue weighted by molar-refractivity contribution is 0.414. The highest BCUT2D eigenvalue weighted by atomic mass is 14.9. The number of piperidine rings is 1. The summed E-state index contributed by atoms with van der Waals surface area (Å²) in [6.45, 7) is 1.14. The van der Waals surface area contributed by atoms with Crippen molar-refractivity contribution in [2.45, 2.75) is 25.3 Å². The largest absolute Gasteiger partial charge is 0.310 e. The van der Waals surface area contributed by atoms with Crippen LogP contribution in [0.5, 0.6) is 0 Å². The van der Waals surface area contributed by atoms with Gasteiger partial charge in [0.05, 0.1) is 5.52 Å². The van der Waals surface area contributed by atoms with E-state index in [9.17, 15) is 0 Å². The molecule has 1 aliphatic rings. The molecule has 2 aromatic rings. The molecule has 1 unspecified atom stereocenters. The minimum Gasteiger partial charge on any atom is -0.310 e. The first-order valence-electron chi connectivity index (χ1n) is 6.02. The van der Waals surface area contributed by atoms with Gasteiger partial charge in [-0.3, -0.25) is 4.98 Å². The van der Waals surface area contributed by atoms with Crippen LogP contribution in [0.3, 0.4) is 0 Å². The zero-order valence-electron chi connectivity index (χ0n) is 9.32. The van der Waals surface area contributed by atoms with Gasteiger partial charge in [-0.25, -0.2) is 0 Å². The standard InChI is InChI=1S/C14H16N2/c1-2-9-15-13(7-1)11-5-3-8-14-12(11)6-4-10-16-14/h3-6,8,10,13,15H,1-2,7,9H2. The maximum Gasteiger partial charge on any atom is 0.0705 e. The Morgan fingerprint density at radius 2 is 2.12 bits per heavy atom. The zero-order valence-corrected chi connectivity index (χ0v) is 9.32. The predicted molar refractivity (Wildman–Crippen MR) is 66.3 cm³/mol. The summed E-state index contributed by atoms with van der Waals surface area (Å²) in [7, 11) is 0. The maximum absolute atomic E-state index is 4.41. The lowest BCUT2D eigenvalue weighted by Gasteiger charge is -2.24. The van der Waals surface area contributed by atoms with E-state index in [2.05, 4.69) is 34.6 Å². The predicted octanol–water partition coefficient (Wildman–Crippen LogP) is 3.05. The highest BCUT2D eigenvalue weighted by Gasteiger charge is 2.16. The van der Waals surface area contributed by atoms with E-state index in [4.69, 9.17) is 0 Å². The minimum absolute atomic E-state index is 0.515. The van der Waals surface area contributed by atoms with Gasteiger partial charge in [0.2, 0.25) is 0 Å². The first-order valence-corrected chi connectivity index (χ1v) is 6.02. The molecule has 0 radical (unpaired) electrons. The van der Waals surface area contributed by atoms with Gasteiger partial charge in [-0.1, -0.05) is 24.6 Å². The Morgan fingerprint density at radius 1 is 1.12 bits per heavy atom. The van der Waals surface area contributed by atoms with Crippen LogP contribution in [0, 0.1) is 0 Å². The second-order valence-electron chi connectivity index (χ2n) is 4.42. The smallest absolute Gasteiger partial charge is 0.0705 e. The van der Waals surface area contributed by atoms with Gasteiger partial charge in [0, 0.05) is 17.6 Å².